The van der Waals surface area contributed by atoms with Crippen molar-refractivity contribution in [3.8, 4) is 0 Å². The first-order chi connectivity index (χ1) is 4.56. The Morgan fingerprint density at radius 3 is 2.40 bits per heavy atom. The highest BCUT2D eigenvalue weighted by atomic mass is 28.3. The summed E-state index contributed by atoms with van der Waals surface area (Å²) in [7, 11) is -0.976. The zero-order valence-corrected chi connectivity index (χ0v) is 7.89. The van der Waals surface area contributed by atoms with Gasteiger partial charge in [-0.1, -0.05) is 19.6 Å². The molecule has 0 amide bonds. The van der Waals surface area contributed by atoms with Crippen LogP contribution in [-0.4, -0.2) is 21.4 Å². The van der Waals surface area contributed by atoms with Crippen LogP contribution < -0.4 is 0 Å². The molecule has 0 atom stereocenters. The second kappa shape index (κ2) is 4.57. The van der Waals surface area contributed by atoms with Crippen LogP contribution in [-0.2, 0) is 4.74 Å². The van der Waals surface area contributed by atoms with Gasteiger partial charge >= 0.3 is 0 Å². The third kappa shape index (κ3) is 7.78. The van der Waals surface area contributed by atoms with Gasteiger partial charge < -0.3 is 4.74 Å². The number of hydrogen-bond donors (Lipinski definition) is 0. The summed E-state index contributed by atoms with van der Waals surface area (Å²) in [6.07, 6.45) is 0. The lowest BCUT2D eigenvalue weighted by molar-refractivity contribution is 0.154. The van der Waals surface area contributed by atoms with Gasteiger partial charge in [-0.3, -0.25) is 0 Å². The summed E-state index contributed by atoms with van der Waals surface area (Å²) < 4.78 is 4.91. The van der Waals surface area contributed by atoms with Crippen LogP contribution in [0.15, 0.2) is 5.18 Å². The van der Waals surface area contributed by atoms with Crippen molar-refractivity contribution in [1.82, 2.24) is 0 Å². The minimum absolute atomic E-state index is 0.00444. The van der Waals surface area contributed by atoms with Crippen molar-refractivity contribution in [2.24, 2.45) is 5.18 Å². The van der Waals surface area contributed by atoms with Crippen LogP contribution in [0.1, 0.15) is 0 Å². The van der Waals surface area contributed by atoms with Crippen molar-refractivity contribution < 1.29 is 4.74 Å². The molecule has 3 nitrogen and oxygen atoms in total. The van der Waals surface area contributed by atoms with Gasteiger partial charge in [-0.05, 0) is 11.2 Å². The Morgan fingerprint density at radius 2 is 2.00 bits per heavy atom. The van der Waals surface area contributed by atoms with Gasteiger partial charge in [0.1, 0.15) is 0 Å². The summed E-state index contributed by atoms with van der Waals surface area (Å²) in [5.41, 5.74) is 0. The quantitative estimate of drug-likeness (QED) is 0.352. The van der Waals surface area contributed by atoms with E-state index in [-0.39, 0.29) is 6.73 Å². The van der Waals surface area contributed by atoms with E-state index in [2.05, 4.69) is 24.8 Å². The van der Waals surface area contributed by atoms with Gasteiger partial charge in [0.2, 0.25) is 0 Å². The van der Waals surface area contributed by atoms with Gasteiger partial charge in [0, 0.05) is 14.7 Å². The molecule has 0 radical (unpaired) electrons. The van der Waals surface area contributed by atoms with E-state index in [0.29, 0.717) is 6.61 Å². The van der Waals surface area contributed by atoms with Crippen molar-refractivity contribution in [2.75, 3.05) is 13.3 Å². The molecule has 0 saturated heterocycles. The van der Waals surface area contributed by atoms with E-state index in [1.54, 1.807) is 0 Å². The average molecular weight is 161 g/mol. The zero-order valence-electron chi connectivity index (χ0n) is 6.89. The van der Waals surface area contributed by atoms with Crippen molar-refractivity contribution in [2.45, 2.75) is 25.7 Å². The average Bonchev–Trinajstić information content (AvgIpc) is 1.78. The molecule has 4 heteroatoms. The molecule has 60 valence electrons. The summed E-state index contributed by atoms with van der Waals surface area (Å²) in [5, 5.41) is 2.60. The predicted octanol–water partition coefficient (Wildman–Crippen LogP) is 2.07. The molecule has 0 heterocycles. The molecule has 0 aliphatic rings. The summed E-state index contributed by atoms with van der Waals surface area (Å²) in [5.74, 6) is 0. The standard InChI is InChI=1S/C6H15NO2Si/c1-10(2,3)5-4-9-6-7-8/h4-6H2,1-3H3. The van der Waals surface area contributed by atoms with Gasteiger partial charge in [-0.25, -0.2) is 0 Å². The summed E-state index contributed by atoms with van der Waals surface area (Å²) in [4.78, 5) is 9.57. The topological polar surface area (TPSA) is 38.7 Å². The second-order valence-electron chi connectivity index (χ2n) is 3.48. The van der Waals surface area contributed by atoms with E-state index < -0.39 is 8.07 Å². The molecule has 0 N–H and O–H groups in total. The molecule has 0 aromatic carbocycles. The van der Waals surface area contributed by atoms with Crippen molar-refractivity contribution in [1.29, 1.82) is 0 Å². The maximum absolute atomic E-state index is 9.57. The number of hydrogen-bond acceptors (Lipinski definition) is 3. The minimum Gasteiger partial charge on any atom is -0.356 e. The van der Waals surface area contributed by atoms with E-state index >= 15 is 0 Å². The minimum atomic E-state index is -0.976. The summed E-state index contributed by atoms with van der Waals surface area (Å²) in [6.45, 7) is 7.49. The highest BCUT2D eigenvalue weighted by Crippen LogP contribution is 2.07. The monoisotopic (exact) mass is 161 g/mol. The molecule has 0 aliphatic heterocycles. The van der Waals surface area contributed by atoms with Crippen LogP contribution in [0.25, 0.3) is 0 Å². The number of rotatable bonds is 5. The molecule has 0 aliphatic carbocycles. The Hall–Kier alpha value is -0.223. The van der Waals surface area contributed by atoms with Crippen LogP contribution >= 0.6 is 0 Å². The molecule has 0 saturated carbocycles. The second-order valence-corrected chi connectivity index (χ2v) is 9.10. The highest BCUT2D eigenvalue weighted by molar-refractivity contribution is 6.76. The van der Waals surface area contributed by atoms with Crippen molar-refractivity contribution in [3.05, 3.63) is 4.91 Å². The third-order valence-electron chi connectivity index (χ3n) is 1.14. The van der Waals surface area contributed by atoms with E-state index in [1.165, 1.54) is 0 Å². The molecular weight excluding hydrogens is 146 g/mol. The first kappa shape index (κ1) is 9.78. The van der Waals surface area contributed by atoms with Gasteiger partial charge in [0.25, 0.3) is 0 Å². The smallest absolute Gasteiger partial charge is 0.179 e. The lowest BCUT2D eigenvalue weighted by atomic mass is 10.8. The fourth-order valence-corrected chi connectivity index (χ4v) is 1.24. The Bertz CT molecular complexity index is 100. The first-order valence-electron chi connectivity index (χ1n) is 3.43. The Balaban J connectivity index is 3.12. The number of nitrogens with zero attached hydrogens (tertiary/aromatic N) is 1. The van der Waals surface area contributed by atoms with Gasteiger partial charge in [-0.15, -0.1) is 4.91 Å². The third-order valence-corrected chi connectivity index (χ3v) is 2.84. The molecule has 0 bridgehead atoms. The maximum atomic E-state index is 9.57. The molecule has 0 aromatic rings. The Kier molecular flexibility index (Phi) is 4.47. The van der Waals surface area contributed by atoms with Crippen molar-refractivity contribution >= 4 is 8.07 Å². The molecule has 10 heavy (non-hydrogen) atoms. The SMILES string of the molecule is C[Si](C)(C)CCOCN=O. The van der Waals surface area contributed by atoms with Crippen LogP contribution in [0.5, 0.6) is 0 Å². The lowest BCUT2D eigenvalue weighted by Crippen LogP contribution is -2.21. The van der Waals surface area contributed by atoms with E-state index in [1.807, 2.05) is 0 Å². The zero-order chi connectivity index (χ0) is 8.04. The highest BCUT2D eigenvalue weighted by Gasteiger charge is 2.11. The summed E-state index contributed by atoms with van der Waals surface area (Å²) >= 11 is 0. The van der Waals surface area contributed by atoms with Gasteiger partial charge in [-0.2, -0.15) is 0 Å². The molecule has 0 unspecified atom stereocenters. The van der Waals surface area contributed by atoms with Crippen LogP contribution in [0.4, 0.5) is 0 Å². The molecule has 0 fully saturated rings. The molecule has 0 aromatic heterocycles. The van der Waals surface area contributed by atoms with E-state index in [4.69, 9.17) is 4.74 Å². The maximum Gasteiger partial charge on any atom is 0.179 e. The largest absolute Gasteiger partial charge is 0.356 e. The molecule has 0 spiro atoms. The van der Waals surface area contributed by atoms with Crippen molar-refractivity contribution in [3.63, 3.8) is 0 Å². The van der Waals surface area contributed by atoms with Crippen LogP contribution in [0.3, 0.4) is 0 Å². The van der Waals surface area contributed by atoms with Crippen LogP contribution in [0.2, 0.25) is 25.7 Å². The fourth-order valence-electron chi connectivity index (χ4n) is 0.480. The van der Waals surface area contributed by atoms with Gasteiger partial charge in [0.05, 0.1) is 0 Å². The van der Waals surface area contributed by atoms with Crippen LogP contribution in [0, 0.1) is 4.91 Å². The number of nitroso groups, excluding NO2 is 1. The lowest BCUT2D eigenvalue weighted by Gasteiger charge is -2.13. The Morgan fingerprint density at radius 1 is 1.40 bits per heavy atom. The van der Waals surface area contributed by atoms with Gasteiger partial charge in [0.15, 0.2) is 6.73 Å². The number of ether oxygens (including phenoxy) is 1. The summed E-state index contributed by atoms with van der Waals surface area (Å²) in [6, 6.07) is 1.10. The fraction of sp³-hybridized carbons (Fsp3) is 1.00. The van der Waals surface area contributed by atoms with E-state index in [9.17, 15) is 4.91 Å². The molecular formula is C6H15NO2Si. The van der Waals surface area contributed by atoms with E-state index in [0.717, 1.165) is 6.04 Å². The Labute approximate surface area is 62.8 Å². The molecule has 0 rings (SSSR count). The first-order valence-corrected chi connectivity index (χ1v) is 7.14. The normalized spacial score (nSPS) is 11.5. The predicted molar refractivity (Wildman–Crippen MR) is 44.8 cm³/mol.